The summed E-state index contributed by atoms with van der Waals surface area (Å²) in [5, 5.41) is 10.8. The summed E-state index contributed by atoms with van der Waals surface area (Å²) < 4.78 is 0. The van der Waals surface area contributed by atoms with Gasteiger partial charge in [0.2, 0.25) is 0 Å². The van der Waals surface area contributed by atoms with Crippen molar-refractivity contribution in [2.75, 3.05) is 27.2 Å². The van der Waals surface area contributed by atoms with Crippen molar-refractivity contribution in [1.29, 1.82) is 0 Å². The maximum Gasteiger partial charge on any atom is 0.295 e. The minimum Gasteiger partial charge on any atom is -0.507 e. The van der Waals surface area contributed by atoms with Crippen molar-refractivity contribution >= 4 is 17.4 Å². The number of aromatic nitrogens is 1. The van der Waals surface area contributed by atoms with Gasteiger partial charge in [0.05, 0.1) is 11.6 Å². The Hall–Kier alpha value is -2.99. The lowest BCUT2D eigenvalue weighted by Crippen LogP contribution is -2.32. The fraction of sp³-hybridized carbons (Fsp3) is 0.286. The second kappa shape index (κ2) is 8.14. The molecule has 140 valence electrons. The molecule has 1 atom stereocenters. The highest BCUT2D eigenvalue weighted by Gasteiger charge is 2.45. The molecule has 0 unspecified atom stereocenters. The van der Waals surface area contributed by atoms with Crippen LogP contribution >= 0.6 is 0 Å². The Labute approximate surface area is 158 Å². The minimum absolute atomic E-state index is 0.127. The van der Waals surface area contributed by atoms with E-state index in [1.807, 2.05) is 49.3 Å². The fourth-order valence-corrected chi connectivity index (χ4v) is 3.32. The minimum atomic E-state index is -0.650. The number of carbonyl (C=O) groups excluding carboxylic acids is 2. The molecule has 1 aliphatic heterocycles. The van der Waals surface area contributed by atoms with Crippen molar-refractivity contribution in [3.8, 4) is 0 Å². The van der Waals surface area contributed by atoms with E-state index in [0.29, 0.717) is 12.1 Å². The Bertz CT molecular complexity index is 847. The number of pyridine rings is 1. The van der Waals surface area contributed by atoms with Crippen molar-refractivity contribution in [2.45, 2.75) is 12.5 Å². The maximum absolute atomic E-state index is 12.8. The van der Waals surface area contributed by atoms with Gasteiger partial charge in [0.1, 0.15) is 5.76 Å². The van der Waals surface area contributed by atoms with Crippen LogP contribution in [-0.2, 0) is 9.59 Å². The van der Waals surface area contributed by atoms with Gasteiger partial charge in [-0.25, -0.2) is 0 Å². The van der Waals surface area contributed by atoms with Crippen LogP contribution in [0.2, 0.25) is 0 Å². The molecular formula is C21H23N3O3. The van der Waals surface area contributed by atoms with Gasteiger partial charge in [0.25, 0.3) is 11.7 Å². The molecule has 6 nitrogen and oxygen atoms in total. The van der Waals surface area contributed by atoms with Gasteiger partial charge in [0.15, 0.2) is 0 Å². The van der Waals surface area contributed by atoms with Crippen LogP contribution in [0.5, 0.6) is 0 Å². The quantitative estimate of drug-likeness (QED) is 0.484. The largest absolute Gasteiger partial charge is 0.507 e. The molecule has 1 aliphatic rings. The van der Waals surface area contributed by atoms with E-state index in [9.17, 15) is 14.7 Å². The maximum atomic E-state index is 12.8. The molecular weight excluding hydrogens is 342 g/mol. The number of carbonyl (C=O) groups is 2. The molecule has 0 spiro atoms. The first-order chi connectivity index (χ1) is 13.0. The van der Waals surface area contributed by atoms with Crippen LogP contribution in [0.1, 0.15) is 23.6 Å². The van der Waals surface area contributed by atoms with Crippen molar-refractivity contribution in [3.05, 3.63) is 71.6 Å². The SMILES string of the molecule is CN(C)CCCN1C(=O)C(=O)/C(=C(\O)c2ccncc2)[C@@H]1c1ccccc1. The zero-order valence-electron chi connectivity index (χ0n) is 15.5. The molecule has 0 saturated carbocycles. The number of likely N-dealkylation sites (tertiary alicyclic amines) is 1. The van der Waals surface area contributed by atoms with Crippen LogP contribution in [0, 0.1) is 0 Å². The Morgan fingerprint density at radius 3 is 2.41 bits per heavy atom. The van der Waals surface area contributed by atoms with Crippen LogP contribution < -0.4 is 0 Å². The Morgan fingerprint density at radius 1 is 1.11 bits per heavy atom. The number of Topliss-reactive ketones (excluding diaryl/α,β-unsaturated/α-hetero) is 1. The highest BCUT2D eigenvalue weighted by molar-refractivity contribution is 6.46. The van der Waals surface area contributed by atoms with Crippen LogP contribution in [0.15, 0.2) is 60.4 Å². The van der Waals surface area contributed by atoms with Gasteiger partial charge in [-0.15, -0.1) is 0 Å². The Balaban J connectivity index is 2.05. The van der Waals surface area contributed by atoms with Gasteiger partial charge in [0, 0.05) is 24.5 Å². The number of aliphatic hydroxyl groups excluding tert-OH is 1. The molecule has 1 aromatic carbocycles. The first kappa shape index (κ1) is 18.8. The molecule has 0 bridgehead atoms. The molecule has 1 N–H and O–H groups in total. The van der Waals surface area contributed by atoms with E-state index in [1.54, 1.807) is 29.4 Å². The average molecular weight is 365 g/mol. The van der Waals surface area contributed by atoms with Crippen LogP contribution in [0.25, 0.3) is 5.76 Å². The zero-order chi connectivity index (χ0) is 19.4. The molecule has 3 rings (SSSR count). The number of rotatable bonds is 6. The van der Waals surface area contributed by atoms with E-state index in [1.165, 1.54) is 0 Å². The van der Waals surface area contributed by atoms with E-state index in [-0.39, 0.29) is 11.3 Å². The summed E-state index contributed by atoms with van der Waals surface area (Å²) in [5.74, 6) is -1.39. The van der Waals surface area contributed by atoms with Gasteiger partial charge in [-0.3, -0.25) is 14.6 Å². The number of hydrogen-bond donors (Lipinski definition) is 1. The lowest BCUT2D eigenvalue weighted by molar-refractivity contribution is -0.139. The fourth-order valence-electron chi connectivity index (χ4n) is 3.32. The molecule has 1 aromatic heterocycles. The number of ketones is 1. The molecule has 0 radical (unpaired) electrons. The second-order valence-corrected chi connectivity index (χ2v) is 6.80. The van der Waals surface area contributed by atoms with E-state index >= 15 is 0 Å². The summed E-state index contributed by atoms with van der Waals surface area (Å²) in [4.78, 5) is 33.0. The van der Waals surface area contributed by atoms with Gasteiger partial charge >= 0.3 is 0 Å². The number of hydrogen-bond acceptors (Lipinski definition) is 5. The zero-order valence-corrected chi connectivity index (χ0v) is 15.5. The second-order valence-electron chi connectivity index (χ2n) is 6.80. The van der Waals surface area contributed by atoms with Crippen LogP contribution in [-0.4, -0.2) is 58.8 Å². The number of benzene rings is 1. The van der Waals surface area contributed by atoms with Crippen molar-refractivity contribution in [1.82, 2.24) is 14.8 Å². The smallest absolute Gasteiger partial charge is 0.295 e. The van der Waals surface area contributed by atoms with E-state index < -0.39 is 17.7 Å². The van der Waals surface area contributed by atoms with Gasteiger partial charge in [-0.2, -0.15) is 0 Å². The van der Waals surface area contributed by atoms with E-state index in [2.05, 4.69) is 4.98 Å². The molecule has 1 fully saturated rings. The third-order valence-corrected chi connectivity index (χ3v) is 4.61. The molecule has 0 aliphatic carbocycles. The lowest BCUT2D eigenvalue weighted by atomic mass is 9.95. The van der Waals surface area contributed by atoms with E-state index in [0.717, 1.165) is 18.5 Å². The van der Waals surface area contributed by atoms with Gasteiger partial charge in [-0.05, 0) is 44.8 Å². The number of nitrogens with zero attached hydrogens (tertiary/aromatic N) is 3. The number of amides is 1. The summed E-state index contributed by atoms with van der Waals surface area (Å²) in [6.45, 7) is 1.24. The number of aliphatic hydroxyl groups is 1. The molecule has 1 saturated heterocycles. The molecule has 2 heterocycles. The highest BCUT2D eigenvalue weighted by Crippen LogP contribution is 2.39. The van der Waals surface area contributed by atoms with Crippen molar-refractivity contribution in [3.63, 3.8) is 0 Å². The van der Waals surface area contributed by atoms with Crippen LogP contribution in [0.3, 0.4) is 0 Å². The van der Waals surface area contributed by atoms with Crippen molar-refractivity contribution in [2.24, 2.45) is 0 Å². The molecule has 1 amide bonds. The predicted octanol–water partition coefficient (Wildman–Crippen LogP) is 2.46. The van der Waals surface area contributed by atoms with Gasteiger partial charge in [-0.1, -0.05) is 30.3 Å². The van der Waals surface area contributed by atoms with Gasteiger partial charge < -0.3 is 14.9 Å². The van der Waals surface area contributed by atoms with Crippen molar-refractivity contribution < 1.29 is 14.7 Å². The summed E-state index contributed by atoms with van der Waals surface area (Å²) in [6, 6.07) is 12.0. The lowest BCUT2D eigenvalue weighted by Gasteiger charge is -2.25. The Kier molecular flexibility index (Phi) is 5.66. The van der Waals surface area contributed by atoms with Crippen LogP contribution in [0.4, 0.5) is 0 Å². The third-order valence-electron chi connectivity index (χ3n) is 4.61. The summed E-state index contributed by atoms with van der Waals surface area (Å²) in [5.41, 5.74) is 1.40. The first-order valence-corrected chi connectivity index (χ1v) is 8.89. The standard InChI is InChI=1S/C21H23N3O3/c1-23(2)13-6-14-24-18(15-7-4-3-5-8-15)17(20(26)21(24)27)19(25)16-9-11-22-12-10-16/h3-5,7-12,18,25H,6,13-14H2,1-2H3/b19-17-/t18-/m0/s1. The van der Waals surface area contributed by atoms with E-state index in [4.69, 9.17) is 0 Å². The predicted molar refractivity (Wildman–Crippen MR) is 103 cm³/mol. The first-order valence-electron chi connectivity index (χ1n) is 8.89. The average Bonchev–Trinajstić information content (AvgIpc) is 2.93. The third kappa shape index (κ3) is 3.90. The monoisotopic (exact) mass is 365 g/mol. The topological polar surface area (TPSA) is 73.7 Å². The summed E-state index contributed by atoms with van der Waals surface area (Å²) in [7, 11) is 3.93. The molecule has 6 heteroatoms. The Morgan fingerprint density at radius 2 is 1.78 bits per heavy atom. The molecule has 27 heavy (non-hydrogen) atoms. The summed E-state index contributed by atoms with van der Waals surface area (Å²) >= 11 is 0. The highest BCUT2D eigenvalue weighted by atomic mass is 16.3. The normalized spacial score (nSPS) is 19.1. The molecule has 2 aromatic rings. The summed E-state index contributed by atoms with van der Waals surface area (Å²) in [6.07, 6.45) is 3.82.